The van der Waals surface area contributed by atoms with Crippen molar-refractivity contribution in [2.24, 2.45) is 0 Å². The van der Waals surface area contributed by atoms with Crippen LogP contribution < -0.4 is 0 Å². The maximum atomic E-state index is 11.9. The number of carbonyl (C=O) groups excluding carboxylic acids is 1. The molecule has 0 N–H and O–H groups in total. The van der Waals surface area contributed by atoms with Gasteiger partial charge < -0.3 is 0 Å². The lowest BCUT2D eigenvalue weighted by molar-refractivity contribution is 0.0990. The highest BCUT2D eigenvalue weighted by Gasteiger charge is 2.16. The predicted molar refractivity (Wildman–Crippen MR) is 72.9 cm³/mol. The molecule has 0 radical (unpaired) electrons. The molecule has 0 saturated carbocycles. The van der Waals surface area contributed by atoms with Gasteiger partial charge in [-0.05, 0) is 17.9 Å². The average molecular weight is 304 g/mol. The highest BCUT2D eigenvalue weighted by molar-refractivity contribution is 9.10. The van der Waals surface area contributed by atoms with Crippen LogP contribution in [-0.4, -0.2) is 16.5 Å². The fraction of sp³-hybridized carbons (Fsp3) is 0.462. The van der Waals surface area contributed by atoms with Crippen LogP contribution in [-0.2, 0) is 0 Å². The van der Waals surface area contributed by atoms with Gasteiger partial charge in [0.15, 0.2) is 5.78 Å². The van der Waals surface area contributed by atoms with Crippen molar-refractivity contribution in [3.63, 3.8) is 0 Å². The highest BCUT2D eigenvalue weighted by Crippen LogP contribution is 2.18. The maximum absolute atomic E-state index is 11.9. The topological polar surface area (TPSA) is 17.1 Å². The third-order valence-electron chi connectivity index (χ3n) is 2.51. The molecule has 0 bridgehead atoms. The number of carbonyl (C=O) groups is 1. The number of rotatable bonds is 5. The van der Waals surface area contributed by atoms with Crippen molar-refractivity contribution in [2.75, 3.05) is 5.88 Å². The third kappa shape index (κ3) is 3.60. The van der Waals surface area contributed by atoms with E-state index in [0.717, 1.165) is 5.56 Å². The van der Waals surface area contributed by atoms with E-state index in [9.17, 15) is 4.79 Å². The Balaban J connectivity index is 2.77. The van der Waals surface area contributed by atoms with Gasteiger partial charge in [0.05, 0.1) is 4.83 Å². The lowest BCUT2D eigenvalue weighted by atomic mass is 9.99. The molecule has 1 aromatic carbocycles. The molecule has 0 saturated heterocycles. The normalized spacial score (nSPS) is 12.8. The van der Waals surface area contributed by atoms with Crippen LogP contribution in [0.25, 0.3) is 0 Å². The number of hydrogen-bond acceptors (Lipinski definition) is 1. The minimum Gasteiger partial charge on any atom is -0.293 e. The van der Waals surface area contributed by atoms with Crippen molar-refractivity contribution in [1.29, 1.82) is 0 Å². The van der Waals surface area contributed by atoms with Crippen LogP contribution in [0, 0.1) is 0 Å². The Bertz CT molecular complexity index is 345. The second kappa shape index (κ2) is 6.41. The second-order valence-electron chi connectivity index (χ2n) is 4.09. The molecular weight excluding hydrogens is 287 g/mol. The number of halogens is 2. The molecule has 0 aliphatic heterocycles. The Kier molecular flexibility index (Phi) is 5.50. The van der Waals surface area contributed by atoms with Gasteiger partial charge in [-0.2, -0.15) is 0 Å². The first-order valence-corrected chi connectivity index (χ1v) is 6.85. The van der Waals surface area contributed by atoms with E-state index < -0.39 is 0 Å². The molecule has 1 rings (SSSR count). The van der Waals surface area contributed by atoms with E-state index in [1.54, 1.807) is 0 Å². The third-order valence-corrected chi connectivity index (χ3v) is 3.60. The minimum absolute atomic E-state index is 0.107. The first-order valence-electron chi connectivity index (χ1n) is 5.40. The van der Waals surface area contributed by atoms with Crippen LogP contribution >= 0.6 is 27.5 Å². The van der Waals surface area contributed by atoms with E-state index in [-0.39, 0.29) is 10.6 Å². The zero-order chi connectivity index (χ0) is 12.1. The molecule has 1 nitrogen and oxygen atoms in total. The monoisotopic (exact) mass is 302 g/mol. The van der Waals surface area contributed by atoms with Crippen molar-refractivity contribution < 1.29 is 4.79 Å². The van der Waals surface area contributed by atoms with Crippen LogP contribution in [0.5, 0.6) is 0 Å². The Hall–Kier alpha value is -0.340. The van der Waals surface area contributed by atoms with Gasteiger partial charge in [0.1, 0.15) is 0 Å². The molecule has 1 atom stereocenters. The Morgan fingerprint density at radius 3 is 2.31 bits per heavy atom. The summed E-state index contributed by atoms with van der Waals surface area (Å²) >= 11 is 8.97. The summed E-state index contributed by atoms with van der Waals surface area (Å²) in [4.78, 5) is 11.7. The van der Waals surface area contributed by atoms with Gasteiger partial charge in [0.25, 0.3) is 0 Å². The van der Waals surface area contributed by atoms with Gasteiger partial charge >= 0.3 is 0 Å². The van der Waals surface area contributed by atoms with Crippen LogP contribution in [0.1, 0.15) is 42.1 Å². The summed E-state index contributed by atoms with van der Waals surface area (Å²) in [6, 6.07) is 7.80. The van der Waals surface area contributed by atoms with E-state index in [4.69, 9.17) is 11.6 Å². The summed E-state index contributed by atoms with van der Waals surface area (Å²) in [6.07, 6.45) is 0.659. The summed E-state index contributed by atoms with van der Waals surface area (Å²) in [7, 11) is 0. The van der Waals surface area contributed by atoms with Gasteiger partial charge in [0.2, 0.25) is 0 Å². The molecule has 0 heterocycles. The van der Waals surface area contributed by atoms with E-state index in [0.29, 0.717) is 18.2 Å². The zero-order valence-corrected chi connectivity index (χ0v) is 11.9. The lowest BCUT2D eigenvalue weighted by Gasteiger charge is -2.09. The van der Waals surface area contributed by atoms with Crippen molar-refractivity contribution in [1.82, 2.24) is 0 Å². The smallest absolute Gasteiger partial charge is 0.176 e. The van der Waals surface area contributed by atoms with E-state index >= 15 is 0 Å². The van der Waals surface area contributed by atoms with Crippen LogP contribution in [0.15, 0.2) is 24.3 Å². The molecule has 0 fully saturated rings. The quantitative estimate of drug-likeness (QED) is 0.582. The fourth-order valence-electron chi connectivity index (χ4n) is 1.44. The SMILES string of the molecule is CC(C)c1ccc(C(=O)C(Br)CCCl)cc1. The predicted octanol–water partition coefficient (Wildman–Crippen LogP) is 4.39. The van der Waals surface area contributed by atoms with Crippen LogP contribution in [0.2, 0.25) is 0 Å². The Morgan fingerprint density at radius 2 is 1.88 bits per heavy atom. The molecule has 16 heavy (non-hydrogen) atoms. The van der Waals surface area contributed by atoms with Crippen molar-refractivity contribution >= 4 is 33.3 Å². The molecule has 0 aliphatic carbocycles. The first-order chi connectivity index (χ1) is 7.56. The van der Waals surface area contributed by atoms with Crippen molar-refractivity contribution in [3.05, 3.63) is 35.4 Å². The minimum atomic E-state index is -0.171. The molecule has 88 valence electrons. The standard InChI is InChI=1S/C13H16BrClO/c1-9(2)10-3-5-11(6-4-10)13(16)12(14)7-8-15/h3-6,9,12H,7-8H2,1-2H3. The summed E-state index contributed by atoms with van der Waals surface area (Å²) in [6.45, 7) is 4.27. The summed E-state index contributed by atoms with van der Waals surface area (Å²) < 4.78 is 0. The summed E-state index contributed by atoms with van der Waals surface area (Å²) in [5.74, 6) is 1.09. The second-order valence-corrected chi connectivity index (χ2v) is 5.57. The number of Topliss-reactive ketones (excluding diaryl/α,β-unsaturated/α-hetero) is 1. The molecule has 0 aliphatic rings. The van der Waals surface area contributed by atoms with Gasteiger partial charge in [-0.15, -0.1) is 11.6 Å². The molecule has 0 amide bonds. The van der Waals surface area contributed by atoms with E-state index in [1.807, 2.05) is 24.3 Å². The zero-order valence-electron chi connectivity index (χ0n) is 9.54. The number of ketones is 1. The fourth-order valence-corrected chi connectivity index (χ4v) is 2.42. The Morgan fingerprint density at radius 1 is 1.31 bits per heavy atom. The molecule has 1 unspecified atom stereocenters. The van der Waals surface area contributed by atoms with Gasteiger partial charge in [-0.25, -0.2) is 0 Å². The van der Waals surface area contributed by atoms with Crippen molar-refractivity contribution in [2.45, 2.75) is 31.0 Å². The molecular formula is C13H16BrClO. The summed E-state index contributed by atoms with van der Waals surface area (Å²) in [5.41, 5.74) is 2.00. The van der Waals surface area contributed by atoms with Gasteiger partial charge in [0, 0.05) is 11.4 Å². The number of alkyl halides is 2. The van der Waals surface area contributed by atoms with E-state index in [2.05, 4.69) is 29.8 Å². The molecule has 3 heteroatoms. The first kappa shape index (κ1) is 13.7. The van der Waals surface area contributed by atoms with Gasteiger partial charge in [-0.3, -0.25) is 4.79 Å². The number of benzene rings is 1. The highest BCUT2D eigenvalue weighted by atomic mass is 79.9. The molecule has 0 spiro atoms. The summed E-state index contributed by atoms with van der Waals surface area (Å²) in [5, 5.41) is 0. The van der Waals surface area contributed by atoms with Crippen molar-refractivity contribution in [3.8, 4) is 0 Å². The Labute approximate surface area is 110 Å². The largest absolute Gasteiger partial charge is 0.293 e. The lowest BCUT2D eigenvalue weighted by Crippen LogP contribution is -2.14. The van der Waals surface area contributed by atoms with Crippen LogP contribution in [0.4, 0.5) is 0 Å². The molecule has 1 aromatic rings. The van der Waals surface area contributed by atoms with E-state index in [1.165, 1.54) is 5.56 Å². The average Bonchev–Trinajstić information content (AvgIpc) is 2.28. The van der Waals surface area contributed by atoms with Crippen LogP contribution in [0.3, 0.4) is 0 Å². The number of hydrogen-bond donors (Lipinski definition) is 0. The molecule has 0 aromatic heterocycles. The van der Waals surface area contributed by atoms with Gasteiger partial charge in [-0.1, -0.05) is 54.0 Å². The maximum Gasteiger partial charge on any atom is 0.176 e.